The van der Waals surface area contributed by atoms with Crippen LogP contribution in [0.2, 0.25) is 5.02 Å². The molecule has 1 aliphatic rings. The van der Waals surface area contributed by atoms with Gasteiger partial charge in [-0.05, 0) is 31.0 Å². The lowest BCUT2D eigenvalue weighted by molar-refractivity contribution is 0.537. The van der Waals surface area contributed by atoms with E-state index in [0.29, 0.717) is 12.0 Å². The van der Waals surface area contributed by atoms with Crippen LogP contribution in [-0.4, -0.2) is 17.0 Å². The van der Waals surface area contributed by atoms with Crippen LogP contribution in [0, 0.1) is 11.7 Å². The molecule has 0 aliphatic carbocycles. The number of anilines is 1. The van der Waals surface area contributed by atoms with E-state index in [1.165, 1.54) is 6.07 Å². The van der Waals surface area contributed by atoms with Crippen LogP contribution in [-0.2, 0) is 0 Å². The summed E-state index contributed by atoms with van der Waals surface area (Å²) in [5.74, 6) is 1.22. The van der Waals surface area contributed by atoms with E-state index in [0.717, 1.165) is 16.6 Å². The molecule has 5 heteroatoms. The van der Waals surface area contributed by atoms with Gasteiger partial charge in [0.1, 0.15) is 5.82 Å². The number of rotatable bonds is 1. The Morgan fingerprint density at radius 1 is 1.47 bits per heavy atom. The fraction of sp³-hybridized carbons (Fsp3) is 0.417. The zero-order chi connectivity index (χ0) is 12.4. The first-order valence-electron chi connectivity index (χ1n) is 5.49. The van der Waals surface area contributed by atoms with E-state index in [1.807, 2.05) is 0 Å². The van der Waals surface area contributed by atoms with Crippen LogP contribution in [0.3, 0.4) is 0 Å². The lowest BCUT2D eigenvalue weighted by atomic mass is 10.1. The van der Waals surface area contributed by atoms with Gasteiger partial charge in [-0.3, -0.25) is 4.99 Å². The molecule has 0 spiro atoms. The summed E-state index contributed by atoms with van der Waals surface area (Å²) in [6, 6.07) is 4.90. The molecule has 2 rings (SSSR count). The first-order chi connectivity index (χ1) is 8.06. The van der Waals surface area contributed by atoms with E-state index in [4.69, 9.17) is 11.6 Å². The van der Waals surface area contributed by atoms with E-state index >= 15 is 0 Å². The predicted molar refractivity (Wildman–Crippen MR) is 73.6 cm³/mol. The Bertz CT molecular complexity index is 450. The first-order valence-corrected chi connectivity index (χ1v) is 6.85. The maximum absolute atomic E-state index is 13.0. The Balaban J connectivity index is 2.11. The maximum Gasteiger partial charge on any atom is 0.161 e. The van der Waals surface area contributed by atoms with Crippen molar-refractivity contribution in [2.24, 2.45) is 10.9 Å². The molecule has 0 fully saturated rings. The normalized spacial score (nSPS) is 24.4. The molecule has 2 nitrogen and oxygen atoms in total. The molecule has 2 atom stereocenters. The largest absolute Gasteiger partial charge is 0.335 e. The number of thioether (sulfide) groups is 1. The number of amidine groups is 1. The summed E-state index contributed by atoms with van der Waals surface area (Å²) >= 11 is 7.40. The zero-order valence-corrected chi connectivity index (χ0v) is 11.3. The summed E-state index contributed by atoms with van der Waals surface area (Å²) in [7, 11) is 0. The Hall–Kier alpha value is -0.740. The van der Waals surface area contributed by atoms with Crippen molar-refractivity contribution in [3.05, 3.63) is 29.0 Å². The summed E-state index contributed by atoms with van der Waals surface area (Å²) in [5, 5.41) is 4.16. The summed E-state index contributed by atoms with van der Waals surface area (Å²) in [5.41, 5.74) is 0.768. The van der Waals surface area contributed by atoms with Crippen molar-refractivity contribution >= 4 is 34.2 Å². The number of hydrogen-bond acceptors (Lipinski definition) is 3. The standard InChI is InChI=1S/C12H14ClFN2S/c1-7-6-17-12(15-8(7)2)16-9-3-4-11(14)10(13)5-9/h3-5,7-8H,6H2,1-2H3,(H,15,16). The van der Waals surface area contributed by atoms with Crippen molar-refractivity contribution in [3.63, 3.8) is 0 Å². The molecule has 0 radical (unpaired) electrons. The number of hydrogen-bond donors (Lipinski definition) is 1. The lowest BCUT2D eigenvalue weighted by Crippen LogP contribution is -2.25. The van der Waals surface area contributed by atoms with E-state index in [-0.39, 0.29) is 5.02 Å². The second-order valence-electron chi connectivity index (χ2n) is 4.22. The van der Waals surface area contributed by atoms with Gasteiger partial charge in [-0.2, -0.15) is 0 Å². The predicted octanol–water partition coefficient (Wildman–Crippen LogP) is 4.02. The van der Waals surface area contributed by atoms with Gasteiger partial charge in [-0.25, -0.2) is 4.39 Å². The number of halogens is 2. The molecule has 0 saturated carbocycles. The molecule has 0 bridgehead atoms. The molecule has 2 unspecified atom stereocenters. The van der Waals surface area contributed by atoms with Gasteiger partial charge in [0.25, 0.3) is 0 Å². The van der Waals surface area contributed by atoms with Crippen molar-refractivity contribution < 1.29 is 4.39 Å². The third-order valence-electron chi connectivity index (χ3n) is 2.80. The van der Waals surface area contributed by atoms with Crippen LogP contribution in [0.15, 0.2) is 23.2 Å². The smallest absolute Gasteiger partial charge is 0.161 e. The Morgan fingerprint density at radius 2 is 2.24 bits per heavy atom. The highest BCUT2D eigenvalue weighted by Gasteiger charge is 2.19. The quantitative estimate of drug-likeness (QED) is 0.835. The van der Waals surface area contributed by atoms with E-state index in [1.54, 1.807) is 23.9 Å². The molecular weight excluding hydrogens is 259 g/mol. The van der Waals surface area contributed by atoms with Crippen molar-refractivity contribution in [1.82, 2.24) is 0 Å². The van der Waals surface area contributed by atoms with Gasteiger partial charge in [0.2, 0.25) is 0 Å². The number of nitrogens with zero attached hydrogens (tertiary/aromatic N) is 1. The van der Waals surface area contributed by atoms with Gasteiger partial charge in [0, 0.05) is 11.4 Å². The molecule has 1 N–H and O–H groups in total. The third kappa shape index (κ3) is 3.13. The number of benzene rings is 1. The highest BCUT2D eigenvalue weighted by molar-refractivity contribution is 8.14. The minimum atomic E-state index is -0.405. The Morgan fingerprint density at radius 3 is 2.88 bits per heavy atom. The average molecular weight is 273 g/mol. The second kappa shape index (κ2) is 5.27. The monoisotopic (exact) mass is 272 g/mol. The number of nitrogens with one attached hydrogen (secondary N) is 1. The molecule has 0 amide bonds. The highest BCUT2D eigenvalue weighted by Crippen LogP contribution is 2.25. The zero-order valence-electron chi connectivity index (χ0n) is 9.71. The van der Waals surface area contributed by atoms with Gasteiger partial charge in [0.05, 0.1) is 11.1 Å². The van der Waals surface area contributed by atoms with Gasteiger partial charge >= 0.3 is 0 Å². The van der Waals surface area contributed by atoms with Gasteiger partial charge in [-0.1, -0.05) is 30.3 Å². The van der Waals surface area contributed by atoms with Crippen LogP contribution < -0.4 is 5.32 Å². The summed E-state index contributed by atoms with van der Waals surface area (Å²) in [4.78, 5) is 4.54. The first kappa shape index (κ1) is 12.7. The van der Waals surface area contributed by atoms with Crippen LogP contribution in [0.5, 0.6) is 0 Å². The van der Waals surface area contributed by atoms with Crippen molar-refractivity contribution in [2.45, 2.75) is 19.9 Å². The average Bonchev–Trinajstić information content (AvgIpc) is 2.29. The second-order valence-corrected chi connectivity index (χ2v) is 5.63. The van der Waals surface area contributed by atoms with Crippen molar-refractivity contribution in [3.8, 4) is 0 Å². The molecule has 0 saturated heterocycles. The van der Waals surface area contributed by atoms with Crippen molar-refractivity contribution in [2.75, 3.05) is 11.1 Å². The third-order valence-corrected chi connectivity index (χ3v) is 4.26. The summed E-state index contributed by atoms with van der Waals surface area (Å²) in [6.45, 7) is 4.29. The molecule has 1 aromatic carbocycles. The van der Waals surface area contributed by atoms with Gasteiger partial charge < -0.3 is 5.32 Å². The number of aliphatic imine (C=N–C) groups is 1. The summed E-state index contributed by atoms with van der Waals surface area (Å²) < 4.78 is 13.0. The molecule has 1 aliphatic heterocycles. The highest BCUT2D eigenvalue weighted by atomic mass is 35.5. The Labute approximate surface area is 110 Å². The molecule has 92 valence electrons. The fourth-order valence-electron chi connectivity index (χ4n) is 1.46. The molecular formula is C12H14ClFN2S. The molecule has 1 heterocycles. The van der Waals surface area contributed by atoms with Crippen LogP contribution >= 0.6 is 23.4 Å². The van der Waals surface area contributed by atoms with Gasteiger partial charge in [-0.15, -0.1) is 0 Å². The molecule has 17 heavy (non-hydrogen) atoms. The fourth-order valence-corrected chi connectivity index (χ4v) is 2.78. The molecule has 0 aromatic heterocycles. The van der Waals surface area contributed by atoms with E-state index in [2.05, 4.69) is 24.2 Å². The van der Waals surface area contributed by atoms with E-state index in [9.17, 15) is 4.39 Å². The van der Waals surface area contributed by atoms with E-state index < -0.39 is 5.82 Å². The Kier molecular flexibility index (Phi) is 3.94. The summed E-state index contributed by atoms with van der Waals surface area (Å²) in [6.07, 6.45) is 0. The van der Waals surface area contributed by atoms with Crippen LogP contribution in [0.1, 0.15) is 13.8 Å². The van der Waals surface area contributed by atoms with Crippen molar-refractivity contribution in [1.29, 1.82) is 0 Å². The topological polar surface area (TPSA) is 24.4 Å². The maximum atomic E-state index is 13.0. The minimum Gasteiger partial charge on any atom is -0.335 e. The minimum absolute atomic E-state index is 0.123. The van der Waals surface area contributed by atoms with Crippen LogP contribution in [0.25, 0.3) is 0 Å². The van der Waals surface area contributed by atoms with Gasteiger partial charge in [0.15, 0.2) is 5.17 Å². The molecule has 1 aromatic rings. The van der Waals surface area contributed by atoms with Crippen LogP contribution in [0.4, 0.5) is 10.1 Å². The SMILES string of the molecule is CC1CSC(Nc2ccc(F)c(Cl)c2)=NC1C. The lowest BCUT2D eigenvalue weighted by Gasteiger charge is -2.23.